The van der Waals surface area contributed by atoms with Crippen molar-refractivity contribution in [3.05, 3.63) is 35.4 Å². The van der Waals surface area contributed by atoms with Crippen LogP contribution in [0.4, 0.5) is 0 Å². The van der Waals surface area contributed by atoms with E-state index in [1.165, 1.54) is 38.6 Å². The maximum Gasteiger partial charge on any atom is 0.0108 e. The Morgan fingerprint density at radius 3 is 2.70 bits per heavy atom. The van der Waals surface area contributed by atoms with E-state index in [0.717, 1.165) is 13.1 Å². The lowest BCUT2D eigenvalue weighted by atomic mass is 9.82. The minimum Gasteiger partial charge on any atom is -0.329 e. The van der Waals surface area contributed by atoms with Crippen molar-refractivity contribution in [2.45, 2.75) is 57.9 Å². The van der Waals surface area contributed by atoms with Crippen LogP contribution in [-0.4, -0.2) is 30.6 Å². The molecule has 1 aromatic rings. The highest BCUT2D eigenvalue weighted by Crippen LogP contribution is 2.32. The van der Waals surface area contributed by atoms with Crippen molar-refractivity contribution in [1.29, 1.82) is 0 Å². The van der Waals surface area contributed by atoms with Crippen LogP contribution >= 0.6 is 0 Å². The normalized spacial score (nSPS) is 18.6. The molecule has 0 amide bonds. The highest BCUT2D eigenvalue weighted by atomic mass is 15.2. The monoisotopic (exact) mass is 274 g/mol. The first-order valence-electron chi connectivity index (χ1n) is 8.32. The molecule has 0 saturated heterocycles. The van der Waals surface area contributed by atoms with Gasteiger partial charge in [0.2, 0.25) is 0 Å². The summed E-state index contributed by atoms with van der Waals surface area (Å²) in [5.41, 5.74) is 8.99. The molecule has 0 saturated carbocycles. The van der Waals surface area contributed by atoms with Crippen LogP contribution in [0.3, 0.4) is 0 Å². The summed E-state index contributed by atoms with van der Waals surface area (Å²) in [6.45, 7) is 7.58. The van der Waals surface area contributed by atoms with Gasteiger partial charge in [-0.05, 0) is 49.1 Å². The lowest BCUT2D eigenvalue weighted by Gasteiger charge is -2.35. The molecule has 2 rings (SSSR count). The Morgan fingerprint density at radius 1 is 1.25 bits per heavy atom. The second-order valence-corrected chi connectivity index (χ2v) is 6.04. The number of nitrogens with zero attached hydrogens (tertiary/aromatic N) is 1. The van der Waals surface area contributed by atoms with Crippen LogP contribution < -0.4 is 5.73 Å². The van der Waals surface area contributed by atoms with Crippen LogP contribution in [-0.2, 0) is 6.42 Å². The van der Waals surface area contributed by atoms with Gasteiger partial charge in [0.25, 0.3) is 0 Å². The molecule has 1 atom stereocenters. The maximum atomic E-state index is 5.83. The van der Waals surface area contributed by atoms with E-state index in [-0.39, 0.29) is 0 Å². The number of rotatable bonds is 7. The van der Waals surface area contributed by atoms with Gasteiger partial charge in [-0.15, -0.1) is 0 Å². The second-order valence-electron chi connectivity index (χ2n) is 6.04. The zero-order valence-electron chi connectivity index (χ0n) is 13.1. The molecule has 0 aromatic heterocycles. The number of hydrogen-bond acceptors (Lipinski definition) is 2. The van der Waals surface area contributed by atoms with Crippen molar-refractivity contribution < 1.29 is 0 Å². The predicted molar refractivity (Wildman–Crippen MR) is 87.1 cm³/mol. The van der Waals surface area contributed by atoms with E-state index in [1.54, 1.807) is 11.1 Å². The van der Waals surface area contributed by atoms with Crippen molar-refractivity contribution >= 4 is 0 Å². The SMILES string of the molecule is CCC(CC)N(CCN)CC1CCCc2ccccc21. The molecule has 1 aliphatic carbocycles. The first-order valence-corrected chi connectivity index (χ1v) is 8.32. The summed E-state index contributed by atoms with van der Waals surface area (Å²) < 4.78 is 0. The van der Waals surface area contributed by atoms with Crippen molar-refractivity contribution in [2.75, 3.05) is 19.6 Å². The van der Waals surface area contributed by atoms with E-state index in [1.807, 2.05) is 0 Å². The zero-order chi connectivity index (χ0) is 14.4. The number of fused-ring (bicyclic) bond motifs is 1. The quantitative estimate of drug-likeness (QED) is 0.824. The van der Waals surface area contributed by atoms with Crippen LogP contribution in [0.15, 0.2) is 24.3 Å². The van der Waals surface area contributed by atoms with Crippen LogP contribution in [0, 0.1) is 0 Å². The summed E-state index contributed by atoms with van der Waals surface area (Å²) in [5.74, 6) is 0.701. The summed E-state index contributed by atoms with van der Waals surface area (Å²) in [5, 5.41) is 0. The van der Waals surface area contributed by atoms with Gasteiger partial charge in [0, 0.05) is 25.7 Å². The molecule has 0 fully saturated rings. The molecule has 1 unspecified atom stereocenters. The fraction of sp³-hybridized carbons (Fsp3) is 0.667. The summed E-state index contributed by atoms with van der Waals surface area (Å²) in [7, 11) is 0. The standard InChI is InChI=1S/C18H30N2/c1-3-17(4-2)20(13-12-19)14-16-10-7-9-15-8-5-6-11-18(15)16/h5-6,8,11,16-17H,3-4,7,9-10,12-14,19H2,1-2H3. The maximum absolute atomic E-state index is 5.83. The van der Waals surface area contributed by atoms with Gasteiger partial charge in [0.1, 0.15) is 0 Å². The number of aryl methyl sites for hydroxylation is 1. The second kappa shape index (κ2) is 7.80. The fourth-order valence-corrected chi connectivity index (χ4v) is 3.72. The van der Waals surface area contributed by atoms with Crippen LogP contribution in [0.5, 0.6) is 0 Å². The molecule has 0 radical (unpaired) electrons. The van der Waals surface area contributed by atoms with Crippen molar-refractivity contribution in [2.24, 2.45) is 5.73 Å². The fourth-order valence-electron chi connectivity index (χ4n) is 3.72. The molecule has 2 N–H and O–H groups in total. The number of hydrogen-bond donors (Lipinski definition) is 1. The highest BCUT2D eigenvalue weighted by Gasteiger charge is 2.24. The molecule has 112 valence electrons. The molecule has 2 heteroatoms. The van der Waals surface area contributed by atoms with Gasteiger partial charge in [0.05, 0.1) is 0 Å². The Hall–Kier alpha value is -0.860. The van der Waals surface area contributed by atoms with Crippen molar-refractivity contribution in [3.63, 3.8) is 0 Å². The van der Waals surface area contributed by atoms with Gasteiger partial charge in [0.15, 0.2) is 0 Å². The molecular formula is C18H30N2. The van der Waals surface area contributed by atoms with Gasteiger partial charge in [-0.3, -0.25) is 4.90 Å². The van der Waals surface area contributed by atoms with Crippen molar-refractivity contribution in [1.82, 2.24) is 4.90 Å². The zero-order valence-corrected chi connectivity index (χ0v) is 13.1. The third-order valence-corrected chi connectivity index (χ3v) is 4.82. The summed E-state index contributed by atoms with van der Waals surface area (Å²) in [6.07, 6.45) is 6.38. The summed E-state index contributed by atoms with van der Waals surface area (Å²) in [4.78, 5) is 2.63. The molecule has 1 aromatic carbocycles. The smallest absolute Gasteiger partial charge is 0.0108 e. The first-order chi connectivity index (χ1) is 9.80. The van der Waals surface area contributed by atoms with Gasteiger partial charge in [-0.25, -0.2) is 0 Å². The van der Waals surface area contributed by atoms with Crippen LogP contribution in [0.25, 0.3) is 0 Å². The van der Waals surface area contributed by atoms with E-state index in [0.29, 0.717) is 12.0 Å². The lowest BCUT2D eigenvalue weighted by molar-refractivity contribution is 0.174. The molecule has 20 heavy (non-hydrogen) atoms. The Labute approximate surface area is 124 Å². The molecule has 0 spiro atoms. The highest BCUT2D eigenvalue weighted by molar-refractivity contribution is 5.32. The Balaban J connectivity index is 2.11. The molecule has 0 aliphatic heterocycles. The van der Waals surface area contributed by atoms with Crippen LogP contribution in [0.1, 0.15) is 56.6 Å². The van der Waals surface area contributed by atoms with E-state index < -0.39 is 0 Å². The topological polar surface area (TPSA) is 29.3 Å². The van der Waals surface area contributed by atoms with Gasteiger partial charge >= 0.3 is 0 Å². The summed E-state index contributed by atoms with van der Waals surface area (Å²) >= 11 is 0. The van der Waals surface area contributed by atoms with E-state index >= 15 is 0 Å². The molecule has 1 aliphatic rings. The molecule has 2 nitrogen and oxygen atoms in total. The van der Waals surface area contributed by atoms with E-state index in [4.69, 9.17) is 5.73 Å². The third kappa shape index (κ3) is 3.62. The average Bonchev–Trinajstić information content (AvgIpc) is 2.49. The minimum absolute atomic E-state index is 0.688. The Morgan fingerprint density at radius 2 is 2.00 bits per heavy atom. The van der Waals surface area contributed by atoms with Gasteiger partial charge in [-0.2, -0.15) is 0 Å². The molecule has 0 bridgehead atoms. The summed E-state index contributed by atoms with van der Waals surface area (Å²) in [6, 6.07) is 9.72. The van der Waals surface area contributed by atoms with Gasteiger partial charge in [-0.1, -0.05) is 38.1 Å². The van der Waals surface area contributed by atoms with Crippen molar-refractivity contribution in [3.8, 4) is 0 Å². The van der Waals surface area contributed by atoms with Crippen LogP contribution in [0.2, 0.25) is 0 Å². The molecular weight excluding hydrogens is 244 g/mol. The third-order valence-electron chi connectivity index (χ3n) is 4.82. The Kier molecular flexibility index (Phi) is 6.06. The minimum atomic E-state index is 0.688. The Bertz CT molecular complexity index is 398. The molecule has 0 heterocycles. The van der Waals surface area contributed by atoms with E-state index in [2.05, 4.69) is 43.0 Å². The first kappa shape index (κ1) is 15.5. The number of nitrogens with two attached hydrogens (primary N) is 1. The largest absolute Gasteiger partial charge is 0.329 e. The van der Waals surface area contributed by atoms with Gasteiger partial charge < -0.3 is 5.73 Å². The average molecular weight is 274 g/mol. The number of benzene rings is 1. The van der Waals surface area contributed by atoms with E-state index in [9.17, 15) is 0 Å². The lowest BCUT2D eigenvalue weighted by Crippen LogP contribution is -2.41. The predicted octanol–water partition coefficient (Wildman–Crippen LogP) is 3.56.